The number of halogens is 1. The van der Waals surface area contributed by atoms with Crippen molar-refractivity contribution in [3.63, 3.8) is 0 Å². The number of nitrogens with one attached hydrogen (secondary N) is 2. The summed E-state index contributed by atoms with van der Waals surface area (Å²) < 4.78 is 5.81. The van der Waals surface area contributed by atoms with Crippen LogP contribution in [0.25, 0.3) is 0 Å². The van der Waals surface area contributed by atoms with Crippen LogP contribution in [0.4, 0.5) is 0 Å². The Hall–Kier alpha value is -2.08. The van der Waals surface area contributed by atoms with Gasteiger partial charge in [0, 0.05) is 36.1 Å². The van der Waals surface area contributed by atoms with E-state index >= 15 is 0 Å². The first kappa shape index (κ1) is 17.7. The van der Waals surface area contributed by atoms with Gasteiger partial charge >= 0.3 is 0 Å². The Morgan fingerprint density at radius 3 is 2.72 bits per heavy atom. The number of β-amino-alcohol motifs (C(OH)–C–C–N with tert-alkyl or cyclic N) is 1. The zero-order chi connectivity index (χ0) is 17.6. The number of hydrogen-bond donors (Lipinski definition) is 3. The van der Waals surface area contributed by atoms with Crippen molar-refractivity contribution >= 4 is 17.5 Å². The highest BCUT2D eigenvalue weighted by atomic mass is 35.5. The molecule has 3 N–H and O–H groups in total. The van der Waals surface area contributed by atoms with Crippen LogP contribution >= 0.6 is 11.6 Å². The predicted octanol–water partition coefficient (Wildman–Crippen LogP) is 2.23. The standard InChI is InChI=1S/C19H21ClN2O3/c20-16-7-3-1-5-13(16)12-25-18-8-4-2-6-15(18)19(24)22-10-14-9-21-11-17(14)23/h1-8,14,17,21,23H,9-12H2,(H,22,24). The summed E-state index contributed by atoms with van der Waals surface area (Å²) in [6.07, 6.45) is -0.424. The Labute approximate surface area is 152 Å². The summed E-state index contributed by atoms with van der Waals surface area (Å²) in [4.78, 5) is 12.5. The van der Waals surface area contributed by atoms with Crippen molar-refractivity contribution in [1.29, 1.82) is 0 Å². The van der Waals surface area contributed by atoms with Crippen molar-refractivity contribution in [1.82, 2.24) is 10.6 Å². The van der Waals surface area contributed by atoms with Gasteiger partial charge in [0.05, 0.1) is 11.7 Å². The molecule has 6 heteroatoms. The van der Waals surface area contributed by atoms with Crippen LogP contribution in [0.15, 0.2) is 48.5 Å². The molecule has 132 valence electrons. The van der Waals surface area contributed by atoms with Gasteiger partial charge in [-0.05, 0) is 18.2 Å². The molecule has 1 aliphatic rings. The number of para-hydroxylation sites is 1. The summed E-state index contributed by atoms with van der Waals surface area (Å²) in [5.41, 5.74) is 1.33. The molecule has 3 rings (SSSR count). The molecule has 1 heterocycles. The van der Waals surface area contributed by atoms with Crippen LogP contribution in [0.2, 0.25) is 5.02 Å². The second-order valence-electron chi connectivity index (χ2n) is 6.07. The van der Waals surface area contributed by atoms with E-state index in [2.05, 4.69) is 10.6 Å². The molecule has 1 saturated heterocycles. The minimum atomic E-state index is -0.424. The van der Waals surface area contributed by atoms with Gasteiger partial charge in [0.2, 0.25) is 0 Å². The first-order chi connectivity index (χ1) is 12.1. The number of benzene rings is 2. The fourth-order valence-corrected chi connectivity index (χ4v) is 2.99. The van der Waals surface area contributed by atoms with E-state index < -0.39 is 6.10 Å². The Bertz CT molecular complexity index is 738. The van der Waals surface area contributed by atoms with Crippen molar-refractivity contribution < 1.29 is 14.6 Å². The Balaban J connectivity index is 1.63. The number of carbonyl (C=O) groups is 1. The maximum Gasteiger partial charge on any atom is 0.255 e. The fraction of sp³-hybridized carbons (Fsp3) is 0.316. The lowest BCUT2D eigenvalue weighted by atomic mass is 10.1. The summed E-state index contributed by atoms with van der Waals surface area (Å²) in [5.74, 6) is 0.319. The number of aliphatic hydroxyl groups excluding tert-OH is 1. The van der Waals surface area contributed by atoms with Crippen LogP contribution < -0.4 is 15.4 Å². The van der Waals surface area contributed by atoms with Gasteiger partial charge in [0.25, 0.3) is 5.91 Å². The molecule has 2 unspecified atom stereocenters. The third-order valence-electron chi connectivity index (χ3n) is 4.30. The van der Waals surface area contributed by atoms with Gasteiger partial charge in [-0.3, -0.25) is 4.79 Å². The second-order valence-corrected chi connectivity index (χ2v) is 6.48. The lowest BCUT2D eigenvalue weighted by Gasteiger charge is -2.16. The summed E-state index contributed by atoms with van der Waals surface area (Å²) in [6, 6.07) is 14.5. The second kappa shape index (κ2) is 8.34. The molecule has 5 nitrogen and oxygen atoms in total. The van der Waals surface area contributed by atoms with E-state index in [-0.39, 0.29) is 18.4 Å². The third-order valence-corrected chi connectivity index (χ3v) is 4.67. The van der Waals surface area contributed by atoms with Crippen LogP contribution in [0, 0.1) is 5.92 Å². The maximum atomic E-state index is 12.5. The van der Waals surface area contributed by atoms with Crippen LogP contribution in [0.5, 0.6) is 5.75 Å². The van der Waals surface area contributed by atoms with E-state index in [1.807, 2.05) is 24.3 Å². The Kier molecular flexibility index (Phi) is 5.91. The molecule has 1 aliphatic heterocycles. The molecule has 0 bridgehead atoms. The van der Waals surface area contributed by atoms with Gasteiger partial charge in [-0.2, -0.15) is 0 Å². The monoisotopic (exact) mass is 360 g/mol. The quantitative estimate of drug-likeness (QED) is 0.738. The first-order valence-corrected chi connectivity index (χ1v) is 8.65. The Morgan fingerprint density at radius 1 is 1.20 bits per heavy atom. The molecule has 2 atom stereocenters. The number of aliphatic hydroxyl groups is 1. The summed E-state index contributed by atoms with van der Waals surface area (Å²) in [6.45, 7) is 1.98. The number of ether oxygens (including phenoxy) is 1. The largest absolute Gasteiger partial charge is 0.488 e. The summed E-state index contributed by atoms with van der Waals surface area (Å²) >= 11 is 6.14. The number of hydrogen-bond acceptors (Lipinski definition) is 4. The number of rotatable bonds is 6. The first-order valence-electron chi connectivity index (χ1n) is 8.27. The highest BCUT2D eigenvalue weighted by Gasteiger charge is 2.25. The smallest absolute Gasteiger partial charge is 0.255 e. The van der Waals surface area contributed by atoms with Gasteiger partial charge in [-0.15, -0.1) is 0 Å². The predicted molar refractivity (Wildman–Crippen MR) is 96.9 cm³/mol. The van der Waals surface area contributed by atoms with Crippen molar-refractivity contribution in [2.45, 2.75) is 12.7 Å². The van der Waals surface area contributed by atoms with E-state index in [1.54, 1.807) is 24.3 Å². The molecule has 25 heavy (non-hydrogen) atoms. The van der Waals surface area contributed by atoms with E-state index in [0.717, 1.165) is 5.56 Å². The highest BCUT2D eigenvalue weighted by Crippen LogP contribution is 2.22. The average Bonchev–Trinajstić information content (AvgIpc) is 3.04. The molecule has 0 aromatic heterocycles. The minimum Gasteiger partial charge on any atom is -0.488 e. The molecule has 0 radical (unpaired) electrons. The molecule has 2 aromatic rings. The number of amides is 1. The van der Waals surface area contributed by atoms with Gasteiger partial charge in [0.1, 0.15) is 12.4 Å². The Morgan fingerprint density at radius 2 is 1.96 bits per heavy atom. The third kappa shape index (κ3) is 4.51. The normalized spacial score (nSPS) is 19.6. The molecule has 0 aliphatic carbocycles. The van der Waals surface area contributed by atoms with E-state index in [4.69, 9.17) is 16.3 Å². The summed E-state index contributed by atoms with van der Waals surface area (Å²) in [7, 11) is 0. The molecule has 0 spiro atoms. The minimum absolute atomic E-state index is 0.0279. The topological polar surface area (TPSA) is 70.6 Å². The molecule has 0 saturated carbocycles. The molecule has 1 amide bonds. The molecule has 1 fully saturated rings. The maximum absolute atomic E-state index is 12.5. The van der Waals surface area contributed by atoms with Crippen LogP contribution in [-0.4, -0.2) is 36.8 Å². The van der Waals surface area contributed by atoms with Crippen LogP contribution in [0.3, 0.4) is 0 Å². The van der Waals surface area contributed by atoms with E-state index in [1.165, 1.54) is 0 Å². The van der Waals surface area contributed by atoms with E-state index in [0.29, 0.717) is 36.0 Å². The SMILES string of the molecule is O=C(NCC1CNCC1O)c1ccccc1OCc1ccccc1Cl. The highest BCUT2D eigenvalue weighted by molar-refractivity contribution is 6.31. The molecular weight excluding hydrogens is 340 g/mol. The lowest BCUT2D eigenvalue weighted by molar-refractivity contribution is 0.0922. The summed E-state index contributed by atoms with van der Waals surface area (Å²) in [5, 5.41) is 16.4. The molecule has 2 aromatic carbocycles. The average molecular weight is 361 g/mol. The zero-order valence-corrected chi connectivity index (χ0v) is 14.5. The van der Waals surface area contributed by atoms with Gasteiger partial charge in [0.15, 0.2) is 0 Å². The lowest BCUT2D eigenvalue weighted by Crippen LogP contribution is -2.34. The fourth-order valence-electron chi connectivity index (χ4n) is 2.80. The van der Waals surface area contributed by atoms with Crippen molar-refractivity contribution in [3.8, 4) is 5.75 Å². The van der Waals surface area contributed by atoms with Crippen molar-refractivity contribution in [3.05, 3.63) is 64.7 Å². The van der Waals surface area contributed by atoms with E-state index in [9.17, 15) is 9.90 Å². The van der Waals surface area contributed by atoms with Gasteiger partial charge in [-0.1, -0.05) is 41.9 Å². The van der Waals surface area contributed by atoms with Crippen molar-refractivity contribution in [2.75, 3.05) is 19.6 Å². The number of carbonyl (C=O) groups excluding carboxylic acids is 1. The molecular formula is C19H21ClN2O3. The van der Waals surface area contributed by atoms with Gasteiger partial charge in [-0.25, -0.2) is 0 Å². The van der Waals surface area contributed by atoms with Crippen molar-refractivity contribution in [2.24, 2.45) is 5.92 Å². The van der Waals surface area contributed by atoms with Crippen LogP contribution in [-0.2, 0) is 6.61 Å². The van der Waals surface area contributed by atoms with Gasteiger partial charge < -0.3 is 20.5 Å². The van der Waals surface area contributed by atoms with Crippen LogP contribution in [0.1, 0.15) is 15.9 Å². The zero-order valence-electron chi connectivity index (χ0n) is 13.7.